The minimum atomic E-state index is -4.54. The minimum Gasteiger partial charge on any atom is -0.320 e. The van der Waals surface area contributed by atoms with Crippen LogP contribution in [0.25, 0.3) is 0 Å². The molecule has 0 fully saturated rings. The predicted molar refractivity (Wildman–Crippen MR) is 54.2 cm³/mol. The number of hydrogen-bond acceptors (Lipinski definition) is 1. The van der Waals surface area contributed by atoms with Gasteiger partial charge in [-0.15, -0.1) is 0 Å². The molecule has 1 nitrogen and oxygen atoms in total. The Hall–Kier alpha value is -0.520. The van der Waals surface area contributed by atoms with Crippen LogP contribution in [-0.2, 0) is 6.42 Å². The summed E-state index contributed by atoms with van der Waals surface area (Å²) >= 11 is 11.0. The van der Waals surface area contributed by atoms with Crippen LogP contribution in [0.3, 0.4) is 0 Å². The molecule has 1 aromatic rings. The summed E-state index contributed by atoms with van der Waals surface area (Å²) in [6.07, 6.45) is -5.13. The van der Waals surface area contributed by atoms with Crippen molar-refractivity contribution in [1.29, 1.82) is 0 Å². The van der Waals surface area contributed by atoms with Crippen molar-refractivity contribution < 1.29 is 17.6 Å². The van der Waals surface area contributed by atoms with Gasteiger partial charge in [0.25, 0.3) is 0 Å². The zero-order valence-corrected chi connectivity index (χ0v) is 9.30. The number of benzene rings is 1. The van der Waals surface area contributed by atoms with E-state index < -0.39 is 24.5 Å². The normalized spacial score (nSPS) is 13.9. The van der Waals surface area contributed by atoms with E-state index in [2.05, 4.69) is 0 Å². The van der Waals surface area contributed by atoms with E-state index in [0.29, 0.717) is 0 Å². The Morgan fingerprint density at radius 2 is 1.75 bits per heavy atom. The van der Waals surface area contributed by atoms with Gasteiger partial charge < -0.3 is 5.73 Å². The Morgan fingerprint density at radius 1 is 1.19 bits per heavy atom. The first-order valence-electron chi connectivity index (χ1n) is 4.17. The summed E-state index contributed by atoms with van der Waals surface area (Å²) in [6, 6.07) is -0.168. The molecule has 0 saturated heterocycles. The molecule has 1 atom stereocenters. The van der Waals surface area contributed by atoms with Crippen molar-refractivity contribution in [3.63, 3.8) is 0 Å². The molecule has 90 valence electrons. The van der Waals surface area contributed by atoms with Crippen LogP contribution >= 0.6 is 23.2 Å². The Kier molecular flexibility index (Phi) is 4.04. The van der Waals surface area contributed by atoms with Gasteiger partial charge in [0.2, 0.25) is 0 Å². The molecule has 1 unspecified atom stereocenters. The number of rotatable bonds is 2. The number of halogens is 6. The molecule has 0 radical (unpaired) electrons. The van der Waals surface area contributed by atoms with Crippen LogP contribution in [0.1, 0.15) is 5.56 Å². The van der Waals surface area contributed by atoms with Crippen LogP contribution in [0.4, 0.5) is 17.6 Å². The Balaban J connectivity index is 2.94. The summed E-state index contributed by atoms with van der Waals surface area (Å²) in [6.45, 7) is 0. The SMILES string of the molecule is NC(Cc1cc(F)c(Cl)cc1Cl)C(F)(F)F. The van der Waals surface area contributed by atoms with E-state index in [0.717, 1.165) is 12.1 Å². The zero-order chi connectivity index (χ0) is 12.5. The highest BCUT2D eigenvalue weighted by molar-refractivity contribution is 6.35. The van der Waals surface area contributed by atoms with Crippen LogP contribution in [0.2, 0.25) is 10.0 Å². The van der Waals surface area contributed by atoms with Gasteiger partial charge in [0.15, 0.2) is 0 Å². The Bertz CT molecular complexity index is 392. The quantitative estimate of drug-likeness (QED) is 0.648. The maximum Gasteiger partial charge on any atom is 0.403 e. The van der Waals surface area contributed by atoms with Gasteiger partial charge in [-0.3, -0.25) is 0 Å². The minimum absolute atomic E-state index is 0.0200. The molecule has 0 aromatic heterocycles. The van der Waals surface area contributed by atoms with Crippen molar-refractivity contribution in [2.45, 2.75) is 18.6 Å². The molecule has 0 aliphatic carbocycles. The summed E-state index contributed by atoms with van der Waals surface area (Å²) in [5, 5.41) is -0.277. The number of nitrogens with two attached hydrogens (primary N) is 1. The van der Waals surface area contributed by atoms with E-state index in [9.17, 15) is 17.6 Å². The first-order chi connectivity index (χ1) is 7.21. The molecule has 0 heterocycles. The summed E-state index contributed by atoms with van der Waals surface area (Å²) in [7, 11) is 0. The highest BCUT2D eigenvalue weighted by Crippen LogP contribution is 2.28. The van der Waals surface area contributed by atoms with Crippen molar-refractivity contribution >= 4 is 23.2 Å². The highest BCUT2D eigenvalue weighted by atomic mass is 35.5. The van der Waals surface area contributed by atoms with Gasteiger partial charge in [0.05, 0.1) is 5.02 Å². The fourth-order valence-corrected chi connectivity index (χ4v) is 1.53. The lowest BCUT2D eigenvalue weighted by Gasteiger charge is -2.16. The topological polar surface area (TPSA) is 26.0 Å². The molecule has 7 heteroatoms. The summed E-state index contributed by atoms with van der Waals surface area (Å²) < 4.78 is 49.5. The van der Waals surface area contributed by atoms with Crippen molar-refractivity contribution in [3.8, 4) is 0 Å². The van der Waals surface area contributed by atoms with E-state index in [1.165, 1.54) is 0 Å². The maximum atomic E-state index is 13.0. The van der Waals surface area contributed by atoms with Gasteiger partial charge >= 0.3 is 6.18 Å². The highest BCUT2D eigenvalue weighted by Gasteiger charge is 2.36. The molecule has 0 saturated carbocycles. The third-order valence-electron chi connectivity index (χ3n) is 1.95. The number of alkyl halides is 3. The number of hydrogen-bond donors (Lipinski definition) is 1. The van der Waals surface area contributed by atoms with Crippen LogP contribution in [0, 0.1) is 5.82 Å². The summed E-state index contributed by atoms with van der Waals surface area (Å²) in [5.41, 5.74) is 4.88. The van der Waals surface area contributed by atoms with E-state index in [1.54, 1.807) is 0 Å². The third-order valence-corrected chi connectivity index (χ3v) is 2.59. The fraction of sp³-hybridized carbons (Fsp3) is 0.333. The average molecular weight is 276 g/mol. The molecule has 0 aliphatic rings. The van der Waals surface area contributed by atoms with E-state index in [-0.39, 0.29) is 15.6 Å². The molecule has 0 aliphatic heterocycles. The molecule has 1 aromatic carbocycles. The molecular weight excluding hydrogens is 269 g/mol. The second kappa shape index (κ2) is 4.77. The largest absolute Gasteiger partial charge is 0.403 e. The van der Waals surface area contributed by atoms with Crippen molar-refractivity contribution in [1.82, 2.24) is 0 Å². The molecule has 16 heavy (non-hydrogen) atoms. The predicted octanol–water partition coefficient (Wildman–Crippen LogP) is 3.56. The van der Waals surface area contributed by atoms with Crippen LogP contribution < -0.4 is 5.73 Å². The Labute approximate surface area is 99.1 Å². The molecule has 0 spiro atoms. The van der Waals surface area contributed by atoms with Gasteiger partial charge in [-0.25, -0.2) is 4.39 Å². The lowest BCUT2D eigenvalue weighted by atomic mass is 10.1. The van der Waals surface area contributed by atoms with Crippen LogP contribution in [0.15, 0.2) is 12.1 Å². The average Bonchev–Trinajstić information content (AvgIpc) is 2.12. The van der Waals surface area contributed by atoms with Crippen molar-refractivity contribution in [2.24, 2.45) is 5.73 Å². The maximum absolute atomic E-state index is 13.0. The van der Waals surface area contributed by atoms with E-state index >= 15 is 0 Å². The zero-order valence-electron chi connectivity index (χ0n) is 7.78. The van der Waals surface area contributed by atoms with Crippen LogP contribution in [-0.4, -0.2) is 12.2 Å². The lowest BCUT2D eigenvalue weighted by Crippen LogP contribution is -2.39. The fourth-order valence-electron chi connectivity index (χ4n) is 1.07. The molecule has 1 rings (SSSR count). The van der Waals surface area contributed by atoms with Crippen molar-refractivity contribution in [3.05, 3.63) is 33.6 Å². The molecular formula is C9H7Cl2F4N. The molecule has 0 bridgehead atoms. The third kappa shape index (κ3) is 3.23. The second-order valence-electron chi connectivity index (χ2n) is 3.21. The standard InChI is InChI=1S/C9H7Cl2F4N/c10-5-3-6(11)7(12)1-4(5)2-8(16)9(13,14)15/h1,3,8H,2,16H2. The van der Waals surface area contributed by atoms with Gasteiger partial charge in [-0.2, -0.15) is 13.2 Å². The van der Waals surface area contributed by atoms with Gasteiger partial charge in [0.1, 0.15) is 11.9 Å². The summed E-state index contributed by atoms with van der Waals surface area (Å²) in [4.78, 5) is 0. The van der Waals surface area contributed by atoms with Crippen LogP contribution in [0.5, 0.6) is 0 Å². The van der Waals surface area contributed by atoms with E-state index in [1.807, 2.05) is 0 Å². The molecule has 2 N–H and O–H groups in total. The Morgan fingerprint density at radius 3 is 2.25 bits per heavy atom. The smallest absolute Gasteiger partial charge is 0.320 e. The monoisotopic (exact) mass is 275 g/mol. The second-order valence-corrected chi connectivity index (χ2v) is 4.02. The lowest BCUT2D eigenvalue weighted by molar-refractivity contribution is -0.147. The van der Waals surface area contributed by atoms with Gasteiger partial charge in [0, 0.05) is 5.02 Å². The first-order valence-corrected chi connectivity index (χ1v) is 4.93. The molecule has 0 amide bonds. The van der Waals surface area contributed by atoms with Crippen molar-refractivity contribution in [2.75, 3.05) is 0 Å². The van der Waals surface area contributed by atoms with Gasteiger partial charge in [-0.05, 0) is 24.1 Å². The van der Waals surface area contributed by atoms with Gasteiger partial charge in [-0.1, -0.05) is 23.2 Å². The first kappa shape index (κ1) is 13.5. The van der Waals surface area contributed by atoms with E-state index in [4.69, 9.17) is 28.9 Å². The summed E-state index contributed by atoms with van der Waals surface area (Å²) in [5.74, 6) is -0.824.